The molecule has 2 heteroatoms. The first-order chi connectivity index (χ1) is 6.25. The molecule has 0 radical (unpaired) electrons. The van der Waals surface area contributed by atoms with Gasteiger partial charge in [0.25, 0.3) is 0 Å². The van der Waals surface area contributed by atoms with Gasteiger partial charge in [-0.15, -0.1) is 0 Å². The van der Waals surface area contributed by atoms with Crippen molar-refractivity contribution in [1.29, 1.82) is 0 Å². The average molecular weight is 174 g/mol. The number of hydrogen-bond acceptors (Lipinski definition) is 2. The molecule has 0 heterocycles. The predicted molar refractivity (Wildman–Crippen MR) is 57.6 cm³/mol. The zero-order valence-corrected chi connectivity index (χ0v) is 7.99. The van der Waals surface area contributed by atoms with Crippen molar-refractivity contribution in [3.8, 4) is 0 Å². The molecule has 0 atom stereocenters. The van der Waals surface area contributed by atoms with Crippen LogP contribution in [0.1, 0.15) is 12.5 Å². The molecule has 1 aromatic carbocycles. The summed E-state index contributed by atoms with van der Waals surface area (Å²) in [4.78, 5) is 3.97. The molecule has 0 unspecified atom stereocenters. The zero-order valence-electron chi connectivity index (χ0n) is 7.99. The molecular weight excluding hydrogens is 160 g/mol. The predicted octanol–water partition coefficient (Wildman–Crippen LogP) is 2.08. The molecule has 68 valence electrons. The maximum atomic E-state index is 5.74. The Kier molecular flexibility index (Phi) is 3.26. The Morgan fingerprint density at radius 1 is 1.31 bits per heavy atom. The van der Waals surface area contributed by atoms with Crippen molar-refractivity contribution in [2.45, 2.75) is 6.92 Å². The van der Waals surface area contributed by atoms with Crippen LogP contribution >= 0.6 is 0 Å². The summed E-state index contributed by atoms with van der Waals surface area (Å²) in [6.07, 6.45) is 1.78. The molecule has 0 aliphatic heterocycles. The van der Waals surface area contributed by atoms with Crippen LogP contribution in [0.5, 0.6) is 0 Å². The molecule has 0 aliphatic rings. The highest BCUT2D eigenvalue weighted by Crippen LogP contribution is 2.13. The number of aliphatic imine (C=N–C) groups is 1. The first-order valence-corrected chi connectivity index (χ1v) is 4.19. The lowest BCUT2D eigenvalue weighted by Crippen LogP contribution is -1.98. The van der Waals surface area contributed by atoms with Gasteiger partial charge >= 0.3 is 0 Å². The maximum Gasteiger partial charge on any atom is 0.0304 e. The van der Waals surface area contributed by atoms with E-state index in [9.17, 15) is 0 Å². The van der Waals surface area contributed by atoms with Gasteiger partial charge in [0, 0.05) is 24.5 Å². The Morgan fingerprint density at radius 3 is 2.38 bits per heavy atom. The number of nitrogens with zero attached hydrogens (tertiary/aromatic N) is 1. The Hall–Kier alpha value is -1.57. The minimum atomic E-state index is 0.789. The van der Waals surface area contributed by atoms with Crippen molar-refractivity contribution in [1.82, 2.24) is 0 Å². The van der Waals surface area contributed by atoms with Crippen LogP contribution in [0, 0.1) is 0 Å². The summed E-state index contributed by atoms with van der Waals surface area (Å²) in [5, 5.41) is 0. The molecular formula is C11H14N2. The summed E-state index contributed by atoms with van der Waals surface area (Å²) in [7, 11) is 1.74. The molecule has 0 bridgehead atoms. The molecule has 1 rings (SSSR count). The lowest BCUT2D eigenvalue weighted by Gasteiger charge is -2.03. The maximum absolute atomic E-state index is 5.74. The summed E-state index contributed by atoms with van der Waals surface area (Å²) in [6, 6.07) is 10.0. The van der Waals surface area contributed by atoms with Gasteiger partial charge in [0.2, 0.25) is 0 Å². The molecule has 0 aromatic heterocycles. The topological polar surface area (TPSA) is 38.4 Å². The Labute approximate surface area is 78.8 Å². The molecule has 0 amide bonds. The number of nitrogens with two attached hydrogens (primary N) is 1. The van der Waals surface area contributed by atoms with Gasteiger partial charge in [0.15, 0.2) is 0 Å². The van der Waals surface area contributed by atoms with E-state index in [1.54, 1.807) is 13.3 Å². The molecule has 2 nitrogen and oxygen atoms in total. The first kappa shape index (κ1) is 9.52. The summed E-state index contributed by atoms with van der Waals surface area (Å²) in [5.41, 5.74) is 8.63. The second-order valence-corrected chi connectivity index (χ2v) is 2.85. The largest absolute Gasteiger partial charge is 0.402 e. The summed E-state index contributed by atoms with van der Waals surface area (Å²) in [5.74, 6) is 0. The normalized spacial score (nSPS) is 13.1. The SMILES string of the molecule is CN=C/C(=C(/C)N)c1ccccc1. The van der Waals surface area contributed by atoms with Gasteiger partial charge < -0.3 is 5.73 Å². The fourth-order valence-corrected chi connectivity index (χ4v) is 1.15. The van der Waals surface area contributed by atoms with Crippen LogP contribution in [0.3, 0.4) is 0 Å². The van der Waals surface area contributed by atoms with E-state index in [2.05, 4.69) is 4.99 Å². The second-order valence-electron chi connectivity index (χ2n) is 2.85. The van der Waals surface area contributed by atoms with Crippen molar-refractivity contribution < 1.29 is 0 Å². The van der Waals surface area contributed by atoms with Crippen LogP contribution in [-0.2, 0) is 0 Å². The highest BCUT2D eigenvalue weighted by molar-refractivity contribution is 6.10. The summed E-state index contributed by atoms with van der Waals surface area (Å²) in [6.45, 7) is 1.88. The molecule has 0 spiro atoms. The fourth-order valence-electron chi connectivity index (χ4n) is 1.15. The van der Waals surface area contributed by atoms with Crippen LogP contribution in [0.25, 0.3) is 5.57 Å². The van der Waals surface area contributed by atoms with Crippen LogP contribution in [-0.4, -0.2) is 13.3 Å². The quantitative estimate of drug-likeness (QED) is 0.685. The molecule has 13 heavy (non-hydrogen) atoms. The lowest BCUT2D eigenvalue weighted by atomic mass is 10.1. The van der Waals surface area contributed by atoms with Crippen LogP contribution in [0.4, 0.5) is 0 Å². The Morgan fingerprint density at radius 2 is 1.92 bits per heavy atom. The standard InChI is InChI=1S/C11H14N2/c1-9(12)11(8-13-2)10-6-4-3-5-7-10/h3-8H,12H2,1-2H3/b11-9+,13-8?. The van der Waals surface area contributed by atoms with Gasteiger partial charge in [-0.3, -0.25) is 4.99 Å². The van der Waals surface area contributed by atoms with E-state index >= 15 is 0 Å². The zero-order chi connectivity index (χ0) is 9.68. The number of hydrogen-bond donors (Lipinski definition) is 1. The highest BCUT2D eigenvalue weighted by Gasteiger charge is 1.99. The van der Waals surface area contributed by atoms with Crippen LogP contribution in [0.2, 0.25) is 0 Å². The average Bonchev–Trinajstić information content (AvgIpc) is 2.15. The van der Waals surface area contributed by atoms with Gasteiger partial charge in [0.1, 0.15) is 0 Å². The molecule has 0 saturated carbocycles. The molecule has 2 N–H and O–H groups in total. The second kappa shape index (κ2) is 4.45. The van der Waals surface area contributed by atoms with E-state index < -0.39 is 0 Å². The number of benzene rings is 1. The monoisotopic (exact) mass is 174 g/mol. The molecule has 1 aromatic rings. The van der Waals surface area contributed by atoms with Gasteiger partial charge in [-0.25, -0.2) is 0 Å². The minimum Gasteiger partial charge on any atom is -0.402 e. The van der Waals surface area contributed by atoms with Crippen LogP contribution < -0.4 is 5.73 Å². The van der Waals surface area contributed by atoms with E-state index in [1.807, 2.05) is 37.3 Å². The van der Waals surface area contributed by atoms with Crippen molar-refractivity contribution in [2.75, 3.05) is 7.05 Å². The Balaban J connectivity index is 3.12. The molecule has 0 aliphatic carbocycles. The number of allylic oxidation sites excluding steroid dienone is 2. The van der Waals surface area contributed by atoms with Crippen LogP contribution in [0.15, 0.2) is 41.0 Å². The van der Waals surface area contributed by atoms with Crippen molar-refractivity contribution >= 4 is 11.8 Å². The van der Waals surface area contributed by atoms with E-state index in [-0.39, 0.29) is 0 Å². The van der Waals surface area contributed by atoms with Crippen molar-refractivity contribution in [3.63, 3.8) is 0 Å². The van der Waals surface area contributed by atoms with E-state index in [0.29, 0.717) is 0 Å². The van der Waals surface area contributed by atoms with E-state index in [0.717, 1.165) is 16.8 Å². The minimum absolute atomic E-state index is 0.789. The first-order valence-electron chi connectivity index (χ1n) is 4.19. The number of rotatable bonds is 2. The van der Waals surface area contributed by atoms with Gasteiger partial charge in [0.05, 0.1) is 0 Å². The van der Waals surface area contributed by atoms with E-state index in [1.165, 1.54) is 0 Å². The van der Waals surface area contributed by atoms with Gasteiger partial charge in [-0.1, -0.05) is 30.3 Å². The van der Waals surface area contributed by atoms with E-state index in [4.69, 9.17) is 5.73 Å². The fraction of sp³-hybridized carbons (Fsp3) is 0.182. The van der Waals surface area contributed by atoms with Crippen molar-refractivity contribution in [2.24, 2.45) is 10.7 Å². The third-order valence-electron chi connectivity index (χ3n) is 1.77. The van der Waals surface area contributed by atoms with Gasteiger partial charge in [-0.2, -0.15) is 0 Å². The summed E-state index contributed by atoms with van der Waals surface area (Å²) >= 11 is 0. The highest BCUT2D eigenvalue weighted by atomic mass is 14.6. The van der Waals surface area contributed by atoms with Crippen molar-refractivity contribution in [3.05, 3.63) is 41.6 Å². The third-order valence-corrected chi connectivity index (χ3v) is 1.77. The third kappa shape index (κ3) is 2.44. The molecule has 0 saturated heterocycles. The smallest absolute Gasteiger partial charge is 0.0304 e. The van der Waals surface area contributed by atoms with Gasteiger partial charge in [-0.05, 0) is 12.5 Å². The molecule has 0 fully saturated rings. The lowest BCUT2D eigenvalue weighted by molar-refractivity contribution is 1.32. The summed E-state index contributed by atoms with van der Waals surface area (Å²) < 4.78 is 0. The Bertz CT molecular complexity index is 319.